The van der Waals surface area contributed by atoms with Crippen molar-refractivity contribution in [3.63, 3.8) is 0 Å². The number of rotatable bonds is 4. The van der Waals surface area contributed by atoms with Crippen molar-refractivity contribution < 1.29 is 18.8 Å². The second-order valence-corrected chi connectivity index (χ2v) is 5.69. The van der Waals surface area contributed by atoms with Gasteiger partial charge in [-0.2, -0.15) is 0 Å². The van der Waals surface area contributed by atoms with E-state index in [9.17, 15) is 14.4 Å². The van der Waals surface area contributed by atoms with Crippen LogP contribution in [0.4, 0.5) is 4.79 Å². The summed E-state index contributed by atoms with van der Waals surface area (Å²) < 4.78 is 5.12. The van der Waals surface area contributed by atoms with Crippen molar-refractivity contribution in [2.24, 2.45) is 0 Å². The van der Waals surface area contributed by atoms with E-state index in [1.54, 1.807) is 31.1 Å². The molecule has 8 nitrogen and oxygen atoms in total. The molecule has 1 saturated heterocycles. The number of carbonyl (C=O) groups is 3. The topological polar surface area (TPSA) is 94.9 Å². The average Bonchev–Trinajstić information content (AvgIpc) is 3.06. The Labute approximate surface area is 134 Å². The third-order valence-electron chi connectivity index (χ3n) is 3.61. The molecular formula is C15H22N4O4. The van der Waals surface area contributed by atoms with Crippen LogP contribution in [0.2, 0.25) is 0 Å². The fraction of sp³-hybridized carbons (Fsp3) is 0.533. The monoisotopic (exact) mass is 322 g/mol. The standard InChI is InChI=1S/C15H22N4O4/c1-18(2)15(22)16-9-13(20)17-11-5-3-7-19(10-11)14(21)12-6-4-8-23-12/h4,6,8,11H,3,5,7,9-10H2,1-2H3,(H,16,22)(H,17,20). The van der Waals surface area contributed by atoms with Crippen LogP contribution in [0.15, 0.2) is 22.8 Å². The van der Waals surface area contributed by atoms with Gasteiger partial charge in [-0.25, -0.2) is 4.79 Å². The summed E-state index contributed by atoms with van der Waals surface area (Å²) in [5.74, 6) is -0.136. The first-order chi connectivity index (χ1) is 11.0. The van der Waals surface area contributed by atoms with Gasteiger partial charge in [0.1, 0.15) is 0 Å². The molecule has 126 valence electrons. The largest absolute Gasteiger partial charge is 0.459 e. The number of furan rings is 1. The van der Waals surface area contributed by atoms with E-state index < -0.39 is 0 Å². The molecule has 4 amide bonds. The van der Waals surface area contributed by atoms with Crippen molar-refractivity contribution >= 4 is 17.8 Å². The van der Waals surface area contributed by atoms with Gasteiger partial charge < -0.3 is 24.9 Å². The Kier molecular flexibility index (Phi) is 5.61. The van der Waals surface area contributed by atoms with Crippen molar-refractivity contribution in [3.8, 4) is 0 Å². The van der Waals surface area contributed by atoms with E-state index in [2.05, 4.69) is 10.6 Å². The molecule has 2 heterocycles. The highest BCUT2D eigenvalue weighted by Crippen LogP contribution is 2.14. The smallest absolute Gasteiger partial charge is 0.317 e. The van der Waals surface area contributed by atoms with Gasteiger partial charge in [-0.05, 0) is 25.0 Å². The fourth-order valence-electron chi connectivity index (χ4n) is 2.43. The van der Waals surface area contributed by atoms with E-state index >= 15 is 0 Å². The zero-order valence-corrected chi connectivity index (χ0v) is 13.4. The minimum Gasteiger partial charge on any atom is -0.459 e. The van der Waals surface area contributed by atoms with Crippen LogP contribution in [0.25, 0.3) is 0 Å². The molecule has 8 heteroatoms. The summed E-state index contributed by atoms with van der Waals surface area (Å²) in [6, 6.07) is 2.86. The second kappa shape index (κ2) is 7.66. The zero-order chi connectivity index (χ0) is 16.8. The van der Waals surface area contributed by atoms with Crippen LogP contribution in [0.5, 0.6) is 0 Å². The maximum Gasteiger partial charge on any atom is 0.317 e. The molecule has 1 atom stereocenters. The molecule has 1 aromatic rings. The summed E-state index contributed by atoms with van der Waals surface area (Å²) >= 11 is 0. The van der Waals surface area contributed by atoms with Crippen LogP contribution in [-0.4, -0.2) is 67.4 Å². The Morgan fingerprint density at radius 1 is 1.39 bits per heavy atom. The Morgan fingerprint density at radius 2 is 2.17 bits per heavy atom. The van der Waals surface area contributed by atoms with E-state index in [0.29, 0.717) is 18.8 Å². The maximum absolute atomic E-state index is 12.2. The number of nitrogens with one attached hydrogen (secondary N) is 2. The Morgan fingerprint density at radius 3 is 2.83 bits per heavy atom. The third kappa shape index (κ3) is 4.73. The average molecular weight is 322 g/mol. The number of hydrogen-bond donors (Lipinski definition) is 2. The van der Waals surface area contributed by atoms with Crippen LogP contribution in [-0.2, 0) is 4.79 Å². The predicted octanol–water partition coefficient (Wildman–Crippen LogP) is 0.272. The Bertz CT molecular complexity index is 556. The van der Waals surface area contributed by atoms with Gasteiger partial charge in [-0.15, -0.1) is 0 Å². The van der Waals surface area contributed by atoms with E-state index in [-0.39, 0.29) is 30.4 Å². The van der Waals surface area contributed by atoms with Crippen molar-refractivity contribution in [1.82, 2.24) is 20.4 Å². The van der Waals surface area contributed by atoms with Gasteiger partial charge in [0, 0.05) is 33.2 Å². The van der Waals surface area contributed by atoms with Crippen LogP contribution < -0.4 is 10.6 Å². The third-order valence-corrected chi connectivity index (χ3v) is 3.61. The summed E-state index contributed by atoms with van der Waals surface area (Å²) in [4.78, 5) is 38.5. The van der Waals surface area contributed by atoms with Crippen LogP contribution in [0, 0.1) is 0 Å². The van der Waals surface area contributed by atoms with Crippen molar-refractivity contribution in [3.05, 3.63) is 24.2 Å². The summed E-state index contributed by atoms with van der Waals surface area (Å²) in [5, 5.41) is 5.35. The number of nitrogens with zero attached hydrogens (tertiary/aromatic N) is 2. The minimum atomic E-state index is -0.321. The molecule has 1 aliphatic rings. The SMILES string of the molecule is CN(C)C(=O)NCC(=O)NC1CCCN(C(=O)c2ccco2)C1. The highest BCUT2D eigenvalue weighted by Gasteiger charge is 2.26. The first kappa shape index (κ1) is 16.9. The second-order valence-electron chi connectivity index (χ2n) is 5.69. The number of carbonyl (C=O) groups excluding carboxylic acids is 3. The van der Waals surface area contributed by atoms with Crippen molar-refractivity contribution in [1.29, 1.82) is 0 Å². The van der Waals surface area contributed by atoms with E-state index in [0.717, 1.165) is 12.8 Å². The molecule has 2 N–H and O–H groups in total. The lowest BCUT2D eigenvalue weighted by Crippen LogP contribution is -2.51. The minimum absolute atomic E-state index is 0.0837. The molecule has 2 rings (SSSR count). The van der Waals surface area contributed by atoms with Crippen LogP contribution >= 0.6 is 0 Å². The fourth-order valence-corrected chi connectivity index (χ4v) is 2.43. The molecule has 0 aliphatic carbocycles. The molecule has 0 spiro atoms. The molecule has 0 saturated carbocycles. The van der Waals surface area contributed by atoms with Gasteiger partial charge in [0.25, 0.3) is 5.91 Å². The van der Waals surface area contributed by atoms with Gasteiger partial charge in [-0.3, -0.25) is 9.59 Å². The summed E-state index contributed by atoms with van der Waals surface area (Å²) in [5.41, 5.74) is 0. The highest BCUT2D eigenvalue weighted by atomic mass is 16.3. The summed E-state index contributed by atoms with van der Waals surface area (Å²) in [6.07, 6.45) is 3.07. The lowest BCUT2D eigenvalue weighted by molar-refractivity contribution is -0.121. The van der Waals surface area contributed by atoms with Gasteiger partial charge in [0.05, 0.1) is 12.8 Å². The van der Waals surface area contributed by atoms with Gasteiger partial charge in [-0.1, -0.05) is 0 Å². The molecule has 0 bridgehead atoms. The summed E-state index contributed by atoms with van der Waals surface area (Å²) in [7, 11) is 3.21. The van der Waals surface area contributed by atoms with Crippen LogP contribution in [0.1, 0.15) is 23.4 Å². The first-order valence-corrected chi connectivity index (χ1v) is 7.54. The lowest BCUT2D eigenvalue weighted by Gasteiger charge is -2.32. The number of hydrogen-bond acceptors (Lipinski definition) is 4. The van der Waals surface area contributed by atoms with Gasteiger partial charge in [0.2, 0.25) is 5.91 Å². The quantitative estimate of drug-likeness (QED) is 0.832. The normalized spacial score (nSPS) is 17.5. The van der Waals surface area contributed by atoms with E-state index in [4.69, 9.17) is 4.42 Å². The molecular weight excluding hydrogens is 300 g/mol. The number of piperidine rings is 1. The number of urea groups is 1. The molecule has 1 unspecified atom stereocenters. The zero-order valence-electron chi connectivity index (χ0n) is 13.4. The van der Waals surface area contributed by atoms with Crippen molar-refractivity contribution in [2.75, 3.05) is 33.7 Å². The van der Waals surface area contributed by atoms with Crippen LogP contribution in [0.3, 0.4) is 0 Å². The highest BCUT2D eigenvalue weighted by molar-refractivity contribution is 5.91. The van der Waals surface area contributed by atoms with E-state index in [1.807, 2.05) is 0 Å². The first-order valence-electron chi connectivity index (χ1n) is 7.54. The molecule has 1 aliphatic heterocycles. The number of amides is 4. The predicted molar refractivity (Wildman–Crippen MR) is 82.9 cm³/mol. The molecule has 1 aromatic heterocycles. The Balaban J connectivity index is 1.81. The van der Waals surface area contributed by atoms with E-state index in [1.165, 1.54) is 11.2 Å². The van der Waals surface area contributed by atoms with Gasteiger partial charge in [0.15, 0.2) is 5.76 Å². The summed E-state index contributed by atoms with van der Waals surface area (Å²) in [6.45, 7) is 0.996. The maximum atomic E-state index is 12.2. The molecule has 0 radical (unpaired) electrons. The molecule has 1 fully saturated rings. The van der Waals surface area contributed by atoms with Crippen molar-refractivity contribution in [2.45, 2.75) is 18.9 Å². The van der Waals surface area contributed by atoms with Gasteiger partial charge >= 0.3 is 6.03 Å². The Hall–Kier alpha value is -2.51. The molecule has 23 heavy (non-hydrogen) atoms. The number of likely N-dealkylation sites (tertiary alicyclic amines) is 1. The lowest BCUT2D eigenvalue weighted by atomic mass is 10.1. The molecule has 0 aromatic carbocycles.